The molecule has 1 aromatic rings. The van der Waals surface area contributed by atoms with Crippen LogP contribution in [0.5, 0.6) is 0 Å². The van der Waals surface area contributed by atoms with E-state index >= 15 is 0 Å². The minimum Gasteiger partial charge on any atom is -0.301 e. The van der Waals surface area contributed by atoms with Crippen LogP contribution < -0.4 is 5.73 Å². The average Bonchev–Trinajstić information content (AvgIpc) is 2.37. The maximum atomic E-state index is 11.8. The molecule has 1 aliphatic heterocycles. The normalized spacial score (nSPS) is 18.8. The van der Waals surface area contributed by atoms with Crippen LogP contribution in [-0.2, 0) is 4.79 Å². The van der Waals surface area contributed by atoms with Crippen molar-refractivity contribution in [2.24, 2.45) is 10.7 Å². The predicted octanol–water partition coefficient (Wildman–Crippen LogP) is 2.34. The molecule has 1 heterocycles. The molecule has 1 atom stereocenters. The third-order valence-electron chi connectivity index (χ3n) is 2.84. The molecule has 1 aliphatic rings. The Morgan fingerprint density at radius 1 is 1.40 bits per heavy atom. The van der Waals surface area contributed by atoms with Crippen LogP contribution in [0.25, 0.3) is 4.91 Å². The molecule has 0 saturated carbocycles. The van der Waals surface area contributed by atoms with Gasteiger partial charge in [0.1, 0.15) is 5.50 Å². The SMILES string of the molecule is CC(=O)C1=C(c2ccc([N+](=O)[O-])cc2)SC(N)N=C1C. The van der Waals surface area contributed by atoms with Crippen molar-refractivity contribution in [1.29, 1.82) is 0 Å². The fraction of sp³-hybridized carbons (Fsp3) is 0.231. The van der Waals surface area contributed by atoms with E-state index in [-0.39, 0.29) is 11.5 Å². The first-order chi connectivity index (χ1) is 9.40. The molecule has 1 aromatic carbocycles. The molecule has 0 radical (unpaired) electrons. The fourth-order valence-electron chi connectivity index (χ4n) is 1.99. The Hall–Kier alpha value is -1.99. The van der Waals surface area contributed by atoms with Gasteiger partial charge in [-0.05, 0) is 31.5 Å². The van der Waals surface area contributed by atoms with Crippen molar-refractivity contribution in [3.8, 4) is 0 Å². The van der Waals surface area contributed by atoms with Crippen LogP contribution >= 0.6 is 11.8 Å². The molecule has 1 unspecified atom stereocenters. The fourth-order valence-corrected chi connectivity index (χ4v) is 3.12. The first-order valence-electron chi connectivity index (χ1n) is 5.87. The summed E-state index contributed by atoms with van der Waals surface area (Å²) in [7, 11) is 0. The quantitative estimate of drug-likeness (QED) is 0.680. The van der Waals surface area contributed by atoms with Crippen LogP contribution in [0.15, 0.2) is 34.8 Å². The van der Waals surface area contributed by atoms with E-state index in [9.17, 15) is 14.9 Å². The summed E-state index contributed by atoms with van der Waals surface area (Å²) in [4.78, 5) is 26.9. The number of aliphatic imine (C=N–C) groups is 1. The van der Waals surface area contributed by atoms with Crippen LogP contribution in [0, 0.1) is 10.1 Å². The molecule has 104 valence electrons. The monoisotopic (exact) mass is 291 g/mol. The number of Topliss-reactive ketones (excluding diaryl/α,β-unsaturated/α-hetero) is 1. The average molecular weight is 291 g/mol. The minimum absolute atomic E-state index is 0.00854. The molecular weight excluding hydrogens is 278 g/mol. The molecule has 0 spiro atoms. The number of rotatable bonds is 3. The number of nitrogens with two attached hydrogens (primary N) is 1. The lowest BCUT2D eigenvalue weighted by Crippen LogP contribution is -2.22. The number of hydrogen-bond acceptors (Lipinski definition) is 6. The van der Waals surface area contributed by atoms with Crippen LogP contribution in [0.4, 0.5) is 5.69 Å². The molecule has 20 heavy (non-hydrogen) atoms. The highest BCUT2D eigenvalue weighted by Gasteiger charge is 2.24. The van der Waals surface area contributed by atoms with Crippen LogP contribution in [0.1, 0.15) is 19.4 Å². The van der Waals surface area contributed by atoms with Gasteiger partial charge in [-0.3, -0.25) is 19.9 Å². The first kappa shape index (κ1) is 14.4. The summed E-state index contributed by atoms with van der Waals surface area (Å²) in [6, 6.07) is 6.06. The summed E-state index contributed by atoms with van der Waals surface area (Å²) in [6.45, 7) is 3.21. The Balaban J connectivity index is 2.52. The number of ketones is 1. The van der Waals surface area contributed by atoms with Crippen molar-refractivity contribution in [1.82, 2.24) is 0 Å². The highest BCUT2D eigenvalue weighted by Crippen LogP contribution is 2.37. The van der Waals surface area contributed by atoms with Gasteiger partial charge in [0, 0.05) is 22.7 Å². The summed E-state index contributed by atoms with van der Waals surface area (Å²) < 4.78 is 0. The van der Waals surface area contributed by atoms with E-state index in [4.69, 9.17) is 5.73 Å². The number of benzene rings is 1. The zero-order valence-electron chi connectivity index (χ0n) is 11.0. The van der Waals surface area contributed by atoms with Gasteiger partial charge in [0.15, 0.2) is 5.78 Å². The molecule has 2 N–H and O–H groups in total. The van der Waals surface area contributed by atoms with E-state index in [1.165, 1.54) is 30.8 Å². The molecule has 0 aromatic heterocycles. The largest absolute Gasteiger partial charge is 0.301 e. The number of nitrogens with zero attached hydrogens (tertiary/aromatic N) is 2. The Kier molecular flexibility index (Phi) is 4.01. The standard InChI is InChI=1S/C13H13N3O3S/c1-7-11(8(2)17)12(20-13(14)15-7)9-3-5-10(6-4-9)16(18)19/h3-6,13H,14H2,1-2H3. The van der Waals surface area contributed by atoms with Gasteiger partial charge >= 0.3 is 0 Å². The number of carbonyl (C=O) groups excluding carboxylic acids is 1. The Morgan fingerprint density at radius 2 is 2.00 bits per heavy atom. The zero-order chi connectivity index (χ0) is 14.9. The van der Waals surface area contributed by atoms with Gasteiger partial charge in [-0.15, -0.1) is 0 Å². The molecule has 2 rings (SSSR count). The number of non-ortho nitro benzene ring substituents is 1. The van der Waals surface area contributed by atoms with Gasteiger partial charge in [-0.25, -0.2) is 0 Å². The number of hydrogen-bond donors (Lipinski definition) is 1. The molecule has 0 saturated heterocycles. The summed E-state index contributed by atoms with van der Waals surface area (Å²) in [5.74, 6) is -0.0981. The van der Waals surface area contributed by atoms with E-state index in [1.807, 2.05) is 0 Å². The lowest BCUT2D eigenvalue weighted by molar-refractivity contribution is -0.384. The topological polar surface area (TPSA) is 98.6 Å². The maximum Gasteiger partial charge on any atom is 0.269 e. The molecular formula is C13H13N3O3S. The summed E-state index contributed by atoms with van der Waals surface area (Å²) in [6.07, 6.45) is 0. The van der Waals surface area contributed by atoms with Crippen molar-refractivity contribution >= 4 is 33.8 Å². The van der Waals surface area contributed by atoms with Crippen LogP contribution in [0.2, 0.25) is 0 Å². The van der Waals surface area contributed by atoms with Gasteiger partial charge in [0.25, 0.3) is 5.69 Å². The van der Waals surface area contributed by atoms with Gasteiger partial charge < -0.3 is 5.73 Å². The van der Waals surface area contributed by atoms with Crippen LogP contribution in [-0.4, -0.2) is 21.9 Å². The molecule has 6 nitrogen and oxygen atoms in total. The van der Waals surface area contributed by atoms with Crippen molar-refractivity contribution in [2.75, 3.05) is 0 Å². The highest BCUT2D eigenvalue weighted by molar-refractivity contribution is 8.09. The number of nitro benzene ring substituents is 1. The number of nitro groups is 1. The number of carbonyl (C=O) groups is 1. The molecule has 0 amide bonds. The second-order valence-corrected chi connectivity index (χ2v) is 5.41. The van der Waals surface area contributed by atoms with Crippen LogP contribution in [0.3, 0.4) is 0 Å². The van der Waals surface area contributed by atoms with Crippen molar-refractivity contribution in [3.05, 3.63) is 45.5 Å². The van der Waals surface area contributed by atoms with Gasteiger partial charge in [0.05, 0.1) is 10.5 Å². The highest BCUT2D eigenvalue weighted by atomic mass is 32.2. The first-order valence-corrected chi connectivity index (χ1v) is 6.75. The Morgan fingerprint density at radius 3 is 2.50 bits per heavy atom. The summed E-state index contributed by atoms with van der Waals surface area (Å²) in [5.41, 5.74) is 7.20. The minimum atomic E-state index is -0.469. The van der Waals surface area contributed by atoms with E-state index in [2.05, 4.69) is 4.99 Å². The lowest BCUT2D eigenvalue weighted by Gasteiger charge is -2.21. The zero-order valence-corrected chi connectivity index (χ0v) is 11.8. The predicted molar refractivity (Wildman–Crippen MR) is 79.4 cm³/mol. The van der Waals surface area contributed by atoms with Crippen molar-refractivity contribution in [3.63, 3.8) is 0 Å². The molecule has 0 bridgehead atoms. The Labute approximate surface area is 119 Å². The smallest absolute Gasteiger partial charge is 0.269 e. The van der Waals surface area contributed by atoms with Gasteiger partial charge in [0.2, 0.25) is 0 Å². The third-order valence-corrected chi connectivity index (χ3v) is 3.86. The van der Waals surface area contributed by atoms with Crippen molar-refractivity contribution < 1.29 is 9.72 Å². The number of thioether (sulfide) groups is 1. The molecule has 0 aliphatic carbocycles. The van der Waals surface area contributed by atoms with E-state index in [1.54, 1.807) is 19.1 Å². The lowest BCUT2D eigenvalue weighted by atomic mass is 10.0. The Bertz CT molecular complexity index is 635. The second kappa shape index (κ2) is 5.56. The van der Waals surface area contributed by atoms with E-state index in [0.717, 1.165) is 5.56 Å². The maximum absolute atomic E-state index is 11.8. The second-order valence-electron chi connectivity index (χ2n) is 4.29. The van der Waals surface area contributed by atoms with E-state index < -0.39 is 10.4 Å². The van der Waals surface area contributed by atoms with Crippen molar-refractivity contribution in [2.45, 2.75) is 19.3 Å². The molecule has 0 fully saturated rings. The number of allylic oxidation sites excluding steroid dienone is 1. The summed E-state index contributed by atoms with van der Waals surface area (Å²) in [5, 5.41) is 10.7. The van der Waals surface area contributed by atoms with Gasteiger partial charge in [-0.1, -0.05) is 11.8 Å². The van der Waals surface area contributed by atoms with E-state index in [0.29, 0.717) is 16.2 Å². The molecule has 7 heteroatoms. The summed E-state index contributed by atoms with van der Waals surface area (Å²) >= 11 is 1.27. The third kappa shape index (κ3) is 2.78. The van der Waals surface area contributed by atoms with Gasteiger partial charge in [-0.2, -0.15) is 0 Å².